The minimum Gasteiger partial charge on any atom is -0.495 e. The molecule has 4 rings (SSSR count). The van der Waals surface area contributed by atoms with E-state index in [4.69, 9.17) is 27.9 Å². The number of halogens is 2. The maximum atomic E-state index is 13.6. The molecule has 0 aliphatic carbocycles. The molecule has 11 nitrogen and oxygen atoms in total. The molecule has 1 aromatic heterocycles. The third kappa shape index (κ3) is 7.18. The molecule has 0 saturated carbocycles. The van der Waals surface area contributed by atoms with Gasteiger partial charge in [0.05, 0.1) is 29.2 Å². The predicted molar refractivity (Wildman–Crippen MR) is 180 cm³/mol. The van der Waals surface area contributed by atoms with Crippen molar-refractivity contribution in [2.24, 2.45) is 0 Å². The van der Waals surface area contributed by atoms with Gasteiger partial charge in [0, 0.05) is 52.0 Å². The summed E-state index contributed by atoms with van der Waals surface area (Å²) in [6.45, 7) is 12.5. The number of rotatable bonds is 10. The van der Waals surface area contributed by atoms with Crippen LogP contribution < -0.4 is 30.1 Å². The quantitative estimate of drug-likeness (QED) is 0.258. The molecular weight excluding hydrogens is 603 g/mol. The van der Waals surface area contributed by atoms with Crippen LogP contribution in [0.5, 0.6) is 5.75 Å². The number of urea groups is 1. The highest BCUT2D eigenvalue weighted by molar-refractivity contribution is 6.41. The van der Waals surface area contributed by atoms with Crippen LogP contribution in [0.2, 0.25) is 10.0 Å². The Balaban J connectivity index is 1.58. The summed E-state index contributed by atoms with van der Waals surface area (Å²) < 4.78 is 5.41. The molecule has 234 valence electrons. The number of anilines is 6. The van der Waals surface area contributed by atoms with Crippen LogP contribution in [-0.2, 0) is 11.2 Å². The number of carbonyl (C=O) groups is 2. The van der Waals surface area contributed by atoms with E-state index in [0.717, 1.165) is 44.0 Å². The van der Waals surface area contributed by atoms with Crippen molar-refractivity contribution in [3.8, 4) is 5.75 Å². The monoisotopic (exact) mass is 640 g/mol. The van der Waals surface area contributed by atoms with E-state index >= 15 is 0 Å². The minimum atomic E-state index is -0.430. The molecule has 1 aliphatic rings. The highest BCUT2D eigenvalue weighted by Crippen LogP contribution is 2.43. The molecule has 2 heterocycles. The van der Waals surface area contributed by atoms with Crippen LogP contribution in [0.25, 0.3) is 0 Å². The van der Waals surface area contributed by atoms with Crippen LogP contribution in [0.1, 0.15) is 19.4 Å². The van der Waals surface area contributed by atoms with Gasteiger partial charge in [-0.1, -0.05) is 43.6 Å². The van der Waals surface area contributed by atoms with Crippen molar-refractivity contribution in [2.75, 3.05) is 79.3 Å². The van der Waals surface area contributed by atoms with Crippen molar-refractivity contribution in [1.29, 1.82) is 0 Å². The standard InChI is InChI=1S/C31H38Cl2N8O3/c1-7-20-16-24(44-6)29(33)30(28(20)32)39(5)31(43)38(4)26-18-25(34-19-35-26)36-22-11-10-21(17-23(22)37-27(42)8-2)41-14-12-40(9-3)13-15-41/h8,10-11,16-19H,2,7,9,12-15H2,1,3-6H3,(H,37,42)(H,34,35,36). The number of aromatic nitrogens is 2. The molecular formula is C31H38Cl2N8O3. The lowest BCUT2D eigenvalue weighted by Crippen LogP contribution is -2.46. The lowest BCUT2D eigenvalue weighted by atomic mass is 10.1. The molecule has 1 saturated heterocycles. The molecule has 2 aromatic carbocycles. The second kappa shape index (κ2) is 14.6. The number of carbonyl (C=O) groups excluding carboxylic acids is 2. The fraction of sp³-hybridized carbons (Fsp3) is 0.355. The van der Waals surface area contributed by atoms with Crippen LogP contribution in [-0.4, -0.2) is 80.7 Å². The number of methoxy groups -OCH3 is 1. The summed E-state index contributed by atoms with van der Waals surface area (Å²) in [6, 6.07) is 8.80. The van der Waals surface area contributed by atoms with Gasteiger partial charge in [-0.05, 0) is 48.9 Å². The Labute approximate surface area is 268 Å². The van der Waals surface area contributed by atoms with Gasteiger partial charge in [0.25, 0.3) is 0 Å². The van der Waals surface area contributed by atoms with Gasteiger partial charge in [-0.25, -0.2) is 14.8 Å². The van der Waals surface area contributed by atoms with Crippen LogP contribution in [0, 0.1) is 0 Å². The number of likely N-dealkylation sites (N-methyl/N-ethyl adjacent to an activating group) is 1. The normalized spacial score (nSPS) is 13.3. The maximum absolute atomic E-state index is 13.6. The van der Waals surface area contributed by atoms with Gasteiger partial charge in [-0.3, -0.25) is 14.6 Å². The van der Waals surface area contributed by atoms with E-state index in [-0.39, 0.29) is 10.9 Å². The minimum absolute atomic E-state index is 0.230. The van der Waals surface area contributed by atoms with E-state index in [0.29, 0.717) is 45.9 Å². The molecule has 1 aliphatic heterocycles. The van der Waals surface area contributed by atoms with Crippen molar-refractivity contribution < 1.29 is 14.3 Å². The van der Waals surface area contributed by atoms with E-state index in [2.05, 4.69) is 43.9 Å². The smallest absolute Gasteiger partial charge is 0.329 e. The molecule has 3 amide bonds. The summed E-state index contributed by atoms with van der Waals surface area (Å²) in [5.41, 5.74) is 3.33. The highest BCUT2D eigenvalue weighted by Gasteiger charge is 2.26. The molecule has 44 heavy (non-hydrogen) atoms. The molecule has 1 fully saturated rings. The Bertz CT molecular complexity index is 1500. The first-order valence-electron chi connectivity index (χ1n) is 14.3. The first-order valence-corrected chi connectivity index (χ1v) is 15.1. The van der Waals surface area contributed by atoms with E-state index in [9.17, 15) is 9.59 Å². The molecule has 0 spiro atoms. The van der Waals surface area contributed by atoms with Gasteiger partial charge in [0.1, 0.15) is 28.7 Å². The molecule has 0 radical (unpaired) electrons. The van der Waals surface area contributed by atoms with Gasteiger partial charge >= 0.3 is 6.03 Å². The number of nitrogens with one attached hydrogen (secondary N) is 2. The van der Waals surface area contributed by atoms with Gasteiger partial charge in [0.2, 0.25) is 5.91 Å². The van der Waals surface area contributed by atoms with Gasteiger partial charge < -0.3 is 25.2 Å². The van der Waals surface area contributed by atoms with Gasteiger partial charge in [-0.15, -0.1) is 0 Å². The molecule has 0 atom stereocenters. The summed E-state index contributed by atoms with van der Waals surface area (Å²) in [4.78, 5) is 42.0. The van der Waals surface area contributed by atoms with Crippen molar-refractivity contribution in [1.82, 2.24) is 14.9 Å². The zero-order valence-electron chi connectivity index (χ0n) is 25.7. The lowest BCUT2D eigenvalue weighted by molar-refractivity contribution is -0.111. The number of aryl methyl sites for hydroxylation is 1. The number of hydrogen-bond donors (Lipinski definition) is 2. The summed E-state index contributed by atoms with van der Waals surface area (Å²) in [6.07, 6.45) is 3.20. The number of ether oxygens (including phenoxy) is 1. The number of piperazine rings is 1. The zero-order chi connectivity index (χ0) is 32.0. The van der Waals surface area contributed by atoms with E-state index < -0.39 is 6.03 Å². The lowest BCUT2D eigenvalue weighted by Gasteiger charge is -2.35. The SMILES string of the molecule is C=CC(=O)Nc1cc(N2CCN(CC)CC2)ccc1Nc1cc(N(C)C(=O)N(C)c2c(Cl)c(CC)cc(OC)c2Cl)ncn1. The summed E-state index contributed by atoms with van der Waals surface area (Å²) in [5.74, 6) is 0.833. The topological polar surface area (TPSA) is 106 Å². The number of amides is 3. The van der Waals surface area contributed by atoms with Crippen molar-refractivity contribution in [3.63, 3.8) is 0 Å². The van der Waals surface area contributed by atoms with Crippen LogP contribution in [0.15, 0.2) is 49.3 Å². The number of hydrogen-bond acceptors (Lipinski definition) is 8. The van der Waals surface area contributed by atoms with Gasteiger partial charge in [-0.2, -0.15) is 0 Å². The van der Waals surface area contributed by atoms with E-state index in [1.54, 1.807) is 26.2 Å². The van der Waals surface area contributed by atoms with E-state index in [1.807, 2.05) is 25.1 Å². The van der Waals surface area contributed by atoms with Crippen molar-refractivity contribution >= 4 is 69.5 Å². The largest absolute Gasteiger partial charge is 0.495 e. The first kappa shape index (κ1) is 32.8. The molecule has 13 heteroatoms. The van der Waals surface area contributed by atoms with Crippen LogP contribution in [0.4, 0.5) is 39.2 Å². The summed E-state index contributed by atoms with van der Waals surface area (Å²) in [7, 11) is 4.69. The predicted octanol–water partition coefficient (Wildman–Crippen LogP) is 6.06. The molecule has 3 aromatic rings. The Morgan fingerprint density at radius 1 is 1.02 bits per heavy atom. The highest BCUT2D eigenvalue weighted by atomic mass is 35.5. The Morgan fingerprint density at radius 3 is 2.39 bits per heavy atom. The third-order valence-electron chi connectivity index (χ3n) is 7.62. The average Bonchev–Trinajstić information content (AvgIpc) is 3.05. The molecule has 0 bridgehead atoms. The number of benzene rings is 2. The second-order valence-electron chi connectivity index (χ2n) is 10.2. The number of nitrogens with zero attached hydrogens (tertiary/aromatic N) is 6. The van der Waals surface area contributed by atoms with Crippen molar-refractivity contribution in [3.05, 3.63) is 64.9 Å². The van der Waals surface area contributed by atoms with Crippen LogP contribution in [0.3, 0.4) is 0 Å². The zero-order valence-corrected chi connectivity index (χ0v) is 27.2. The Hall–Kier alpha value is -4.06. The fourth-order valence-corrected chi connectivity index (χ4v) is 5.76. The first-order chi connectivity index (χ1) is 21.1. The molecule has 2 N–H and O–H groups in total. The van der Waals surface area contributed by atoms with E-state index in [1.165, 1.54) is 29.3 Å². The molecule has 0 unspecified atom stereocenters. The van der Waals surface area contributed by atoms with Crippen LogP contribution >= 0.6 is 23.2 Å². The Morgan fingerprint density at radius 2 is 1.75 bits per heavy atom. The maximum Gasteiger partial charge on any atom is 0.329 e. The average molecular weight is 642 g/mol. The van der Waals surface area contributed by atoms with Crippen molar-refractivity contribution in [2.45, 2.75) is 20.3 Å². The summed E-state index contributed by atoms with van der Waals surface area (Å²) in [5, 5.41) is 6.75. The summed E-state index contributed by atoms with van der Waals surface area (Å²) >= 11 is 13.2. The second-order valence-corrected chi connectivity index (χ2v) is 11.0. The Kier molecular flexibility index (Phi) is 10.9. The fourth-order valence-electron chi connectivity index (χ4n) is 4.95. The van der Waals surface area contributed by atoms with Gasteiger partial charge in [0.15, 0.2) is 0 Å². The third-order valence-corrected chi connectivity index (χ3v) is 8.41.